The second kappa shape index (κ2) is 4.67. The van der Waals surface area contributed by atoms with Crippen LogP contribution in [-0.2, 0) is 0 Å². The van der Waals surface area contributed by atoms with Gasteiger partial charge in [-0.3, -0.25) is 0 Å². The molecule has 0 saturated heterocycles. The van der Waals surface area contributed by atoms with Gasteiger partial charge >= 0.3 is 0 Å². The third-order valence-corrected chi connectivity index (χ3v) is 3.53. The maximum absolute atomic E-state index is 6.02. The number of rotatable bonds is 2. The zero-order valence-electron chi connectivity index (χ0n) is 9.37. The lowest BCUT2D eigenvalue weighted by Gasteiger charge is -2.05. The Morgan fingerprint density at radius 1 is 1.06 bits per heavy atom. The van der Waals surface area contributed by atoms with E-state index in [0.717, 1.165) is 31.8 Å². The Kier molecular flexibility index (Phi) is 3.02. The molecule has 0 aliphatic carbocycles. The monoisotopic (exact) mass is 320 g/mol. The van der Waals surface area contributed by atoms with Gasteiger partial charge in [0.05, 0.1) is 5.69 Å². The van der Waals surface area contributed by atoms with Crippen LogP contribution in [0, 0.1) is 0 Å². The standard InChI is InChI=1S/C14H10BrClN2/c15-9-1-4-11(5-2-9)18-14-8-17-13-6-3-10(16)7-12(13)14/h1-8,17-18H. The van der Waals surface area contributed by atoms with Gasteiger partial charge in [-0.1, -0.05) is 27.5 Å². The molecule has 0 radical (unpaired) electrons. The van der Waals surface area contributed by atoms with E-state index in [9.17, 15) is 0 Å². The van der Waals surface area contributed by atoms with Crippen molar-refractivity contribution >= 4 is 49.8 Å². The van der Waals surface area contributed by atoms with Crippen molar-refractivity contribution in [2.24, 2.45) is 0 Å². The van der Waals surface area contributed by atoms with Crippen molar-refractivity contribution in [1.29, 1.82) is 0 Å². The fourth-order valence-electron chi connectivity index (χ4n) is 1.88. The summed E-state index contributed by atoms with van der Waals surface area (Å²) in [6.07, 6.45) is 1.95. The molecule has 18 heavy (non-hydrogen) atoms. The first-order valence-electron chi connectivity index (χ1n) is 5.51. The first-order chi connectivity index (χ1) is 8.72. The number of H-pyrrole nitrogens is 1. The van der Waals surface area contributed by atoms with Crippen molar-refractivity contribution in [3.8, 4) is 0 Å². The van der Waals surface area contributed by atoms with Crippen molar-refractivity contribution in [2.75, 3.05) is 5.32 Å². The van der Waals surface area contributed by atoms with E-state index >= 15 is 0 Å². The Morgan fingerprint density at radius 2 is 1.83 bits per heavy atom. The Hall–Kier alpha value is -1.45. The summed E-state index contributed by atoms with van der Waals surface area (Å²) in [5.41, 5.74) is 3.13. The van der Waals surface area contributed by atoms with Crippen LogP contribution in [0.5, 0.6) is 0 Å². The third kappa shape index (κ3) is 2.24. The molecule has 1 aromatic heterocycles. The predicted molar refractivity (Wildman–Crippen MR) is 80.7 cm³/mol. The summed E-state index contributed by atoms with van der Waals surface area (Å²) in [5, 5.41) is 5.20. The minimum absolute atomic E-state index is 0.737. The molecule has 90 valence electrons. The largest absolute Gasteiger partial charge is 0.359 e. The highest BCUT2D eigenvalue weighted by Crippen LogP contribution is 2.29. The molecule has 2 aromatic carbocycles. The molecule has 2 N–H and O–H groups in total. The molecule has 0 amide bonds. The number of benzene rings is 2. The van der Waals surface area contributed by atoms with Crippen LogP contribution in [0.2, 0.25) is 5.02 Å². The van der Waals surface area contributed by atoms with Crippen LogP contribution >= 0.6 is 27.5 Å². The van der Waals surface area contributed by atoms with Gasteiger partial charge in [0.1, 0.15) is 0 Å². The molecular formula is C14H10BrClN2. The average Bonchev–Trinajstić information content (AvgIpc) is 2.75. The summed E-state index contributed by atoms with van der Waals surface area (Å²) < 4.78 is 1.06. The molecule has 0 fully saturated rings. The van der Waals surface area contributed by atoms with E-state index in [0.29, 0.717) is 0 Å². The van der Waals surface area contributed by atoms with Crippen LogP contribution in [0.4, 0.5) is 11.4 Å². The van der Waals surface area contributed by atoms with Gasteiger partial charge in [0.15, 0.2) is 0 Å². The summed E-state index contributed by atoms with van der Waals surface area (Å²) in [6, 6.07) is 13.9. The molecular weight excluding hydrogens is 312 g/mol. The van der Waals surface area contributed by atoms with E-state index in [1.807, 2.05) is 48.7 Å². The maximum atomic E-state index is 6.02. The predicted octanol–water partition coefficient (Wildman–Crippen LogP) is 5.33. The summed E-state index contributed by atoms with van der Waals surface area (Å²) in [6.45, 7) is 0. The number of anilines is 2. The molecule has 1 heterocycles. The summed E-state index contributed by atoms with van der Waals surface area (Å²) in [4.78, 5) is 3.22. The van der Waals surface area contributed by atoms with Gasteiger partial charge in [-0.2, -0.15) is 0 Å². The van der Waals surface area contributed by atoms with Gasteiger partial charge in [0.2, 0.25) is 0 Å². The SMILES string of the molecule is Clc1ccc2[nH]cc(Nc3ccc(Br)cc3)c2c1. The lowest BCUT2D eigenvalue weighted by Crippen LogP contribution is -1.88. The van der Waals surface area contributed by atoms with Crippen LogP contribution in [-0.4, -0.2) is 4.98 Å². The summed E-state index contributed by atoms with van der Waals surface area (Å²) in [5.74, 6) is 0. The molecule has 4 heteroatoms. The number of hydrogen-bond donors (Lipinski definition) is 2. The van der Waals surface area contributed by atoms with Crippen molar-refractivity contribution in [1.82, 2.24) is 4.98 Å². The fourth-order valence-corrected chi connectivity index (χ4v) is 2.32. The minimum Gasteiger partial charge on any atom is -0.359 e. The first kappa shape index (κ1) is 11.6. The molecule has 0 spiro atoms. The Morgan fingerprint density at radius 3 is 2.61 bits per heavy atom. The molecule has 0 atom stereocenters. The van der Waals surface area contributed by atoms with E-state index < -0.39 is 0 Å². The molecule has 0 aliphatic rings. The van der Waals surface area contributed by atoms with E-state index in [1.54, 1.807) is 0 Å². The summed E-state index contributed by atoms with van der Waals surface area (Å²) in [7, 11) is 0. The lowest BCUT2D eigenvalue weighted by molar-refractivity contribution is 1.46. The van der Waals surface area contributed by atoms with Crippen LogP contribution in [0.15, 0.2) is 53.1 Å². The highest BCUT2D eigenvalue weighted by molar-refractivity contribution is 9.10. The van der Waals surface area contributed by atoms with Crippen molar-refractivity contribution in [3.05, 3.63) is 58.2 Å². The third-order valence-electron chi connectivity index (χ3n) is 2.77. The average molecular weight is 322 g/mol. The molecule has 0 unspecified atom stereocenters. The number of aromatic amines is 1. The van der Waals surface area contributed by atoms with Gasteiger partial charge in [0.25, 0.3) is 0 Å². The van der Waals surface area contributed by atoms with E-state index in [4.69, 9.17) is 11.6 Å². The second-order valence-electron chi connectivity index (χ2n) is 4.02. The van der Waals surface area contributed by atoms with Crippen molar-refractivity contribution < 1.29 is 0 Å². The number of hydrogen-bond acceptors (Lipinski definition) is 1. The Bertz CT molecular complexity index is 689. The fraction of sp³-hybridized carbons (Fsp3) is 0. The summed E-state index contributed by atoms with van der Waals surface area (Å²) >= 11 is 9.44. The number of nitrogens with one attached hydrogen (secondary N) is 2. The second-order valence-corrected chi connectivity index (χ2v) is 5.38. The van der Waals surface area contributed by atoms with E-state index in [1.165, 1.54) is 0 Å². The van der Waals surface area contributed by atoms with Gasteiger partial charge < -0.3 is 10.3 Å². The Balaban J connectivity index is 1.99. The zero-order valence-corrected chi connectivity index (χ0v) is 11.7. The van der Waals surface area contributed by atoms with E-state index in [-0.39, 0.29) is 0 Å². The highest BCUT2D eigenvalue weighted by Gasteiger charge is 2.04. The molecule has 2 nitrogen and oxygen atoms in total. The van der Waals surface area contributed by atoms with E-state index in [2.05, 4.69) is 26.2 Å². The number of aromatic nitrogens is 1. The molecule has 3 rings (SSSR count). The maximum Gasteiger partial charge on any atom is 0.0642 e. The quantitative estimate of drug-likeness (QED) is 0.656. The van der Waals surface area contributed by atoms with Gasteiger partial charge in [-0.05, 0) is 42.5 Å². The first-order valence-corrected chi connectivity index (χ1v) is 6.69. The molecule has 3 aromatic rings. The van der Waals surface area contributed by atoms with Crippen molar-refractivity contribution in [3.63, 3.8) is 0 Å². The van der Waals surface area contributed by atoms with Crippen LogP contribution in [0.1, 0.15) is 0 Å². The van der Waals surface area contributed by atoms with Crippen LogP contribution in [0.25, 0.3) is 10.9 Å². The minimum atomic E-state index is 0.737. The highest BCUT2D eigenvalue weighted by atomic mass is 79.9. The van der Waals surface area contributed by atoms with Crippen LogP contribution < -0.4 is 5.32 Å². The van der Waals surface area contributed by atoms with Gasteiger partial charge in [-0.25, -0.2) is 0 Å². The smallest absolute Gasteiger partial charge is 0.0642 e. The molecule has 0 saturated carbocycles. The number of fused-ring (bicyclic) bond motifs is 1. The van der Waals surface area contributed by atoms with Gasteiger partial charge in [0, 0.05) is 32.3 Å². The normalized spacial score (nSPS) is 10.8. The van der Waals surface area contributed by atoms with Gasteiger partial charge in [-0.15, -0.1) is 0 Å². The molecule has 0 aliphatic heterocycles. The molecule has 0 bridgehead atoms. The topological polar surface area (TPSA) is 27.8 Å². The number of halogens is 2. The van der Waals surface area contributed by atoms with Crippen molar-refractivity contribution in [2.45, 2.75) is 0 Å². The lowest BCUT2D eigenvalue weighted by atomic mass is 10.2. The van der Waals surface area contributed by atoms with Crippen LogP contribution in [0.3, 0.4) is 0 Å². The Labute approximate surface area is 118 Å². The zero-order chi connectivity index (χ0) is 12.5.